The molecule has 0 heterocycles. The van der Waals surface area contributed by atoms with Gasteiger partial charge in [-0.1, -0.05) is 47.6 Å². The Morgan fingerprint density at radius 1 is 0.769 bits per heavy atom. The summed E-state index contributed by atoms with van der Waals surface area (Å²) in [6.07, 6.45) is -0.406. The van der Waals surface area contributed by atoms with Crippen LogP contribution >= 0.6 is 0 Å². The van der Waals surface area contributed by atoms with E-state index in [4.69, 9.17) is 29.4 Å². The van der Waals surface area contributed by atoms with Gasteiger partial charge in [0.25, 0.3) is 0 Å². The molecule has 0 radical (unpaired) electrons. The molecule has 0 fully saturated rings. The van der Waals surface area contributed by atoms with Crippen LogP contribution in [0.2, 0.25) is 0 Å². The summed E-state index contributed by atoms with van der Waals surface area (Å²) in [5.74, 6) is -1.74. The first-order valence-corrected chi connectivity index (χ1v) is 13.6. The van der Waals surface area contributed by atoms with Gasteiger partial charge in [0, 0.05) is 0 Å². The number of hydrogen-bond donors (Lipinski definition) is 1. The minimum atomic E-state index is -1.05. The zero-order valence-corrected chi connectivity index (χ0v) is 24.5. The van der Waals surface area contributed by atoms with Gasteiger partial charge in [-0.25, -0.2) is 4.79 Å². The zero-order chi connectivity index (χ0) is 29.7. The number of benzene rings is 1. The van der Waals surface area contributed by atoms with Gasteiger partial charge >= 0.3 is 24.1 Å². The molecule has 10 heteroatoms. The summed E-state index contributed by atoms with van der Waals surface area (Å²) in [6.45, 7) is 14.7. The van der Waals surface area contributed by atoms with Gasteiger partial charge < -0.3 is 29.4 Å². The van der Waals surface area contributed by atoms with Gasteiger partial charge in [-0.2, -0.15) is 0 Å². The van der Waals surface area contributed by atoms with E-state index in [9.17, 15) is 19.2 Å². The molecule has 0 saturated heterocycles. The number of esters is 3. The first-order chi connectivity index (χ1) is 18.3. The number of rotatable bonds is 15. The van der Waals surface area contributed by atoms with Gasteiger partial charge in [0.05, 0.1) is 18.4 Å². The van der Waals surface area contributed by atoms with Crippen molar-refractivity contribution in [2.24, 2.45) is 23.5 Å². The van der Waals surface area contributed by atoms with Crippen LogP contribution in [0.1, 0.15) is 80.2 Å². The third kappa shape index (κ3) is 12.1. The van der Waals surface area contributed by atoms with Crippen LogP contribution in [0.4, 0.5) is 4.79 Å². The summed E-state index contributed by atoms with van der Waals surface area (Å²) in [4.78, 5) is 49.3. The van der Waals surface area contributed by atoms with Crippen LogP contribution in [0, 0.1) is 17.8 Å². The maximum Gasteiger partial charge on any atom is 0.508 e. The summed E-state index contributed by atoms with van der Waals surface area (Å²) >= 11 is 0. The lowest BCUT2D eigenvalue weighted by Crippen LogP contribution is -2.39. The smallest absolute Gasteiger partial charge is 0.458 e. The molecule has 0 aliphatic carbocycles. The fraction of sp³-hybridized carbons (Fsp3) is 0.655. The lowest BCUT2D eigenvalue weighted by molar-refractivity contribution is -0.155. The Morgan fingerprint density at radius 3 is 1.85 bits per heavy atom. The second-order valence-electron chi connectivity index (χ2n) is 10.3. The lowest BCUT2D eigenvalue weighted by Gasteiger charge is -2.22. The number of nitrogens with two attached hydrogens (primary N) is 1. The van der Waals surface area contributed by atoms with Crippen molar-refractivity contribution in [3.8, 4) is 11.5 Å². The highest BCUT2D eigenvalue weighted by molar-refractivity contribution is 5.79. The summed E-state index contributed by atoms with van der Waals surface area (Å²) in [5.41, 5.74) is 6.66. The molecule has 220 valence electrons. The van der Waals surface area contributed by atoms with Gasteiger partial charge in [0.15, 0.2) is 11.5 Å². The number of ether oxygens (including phenoxy) is 5. The molecule has 2 unspecified atom stereocenters. The van der Waals surface area contributed by atoms with Crippen LogP contribution in [0.5, 0.6) is 11.5 Å². The molecular formula is C29H45NO9. The molecule has 0 bridgehead atoms. The van der Waals surface area contributed by atoms with Crippen molar-refractivity contribution in [1.29, 1.82) is 0 Å². The van der Waals surface area contributed by atoms with E-state index in [1.807, 2.05) is 27.7 Å². The summed E-state index contributed by atoms with van der Waals surface area (Å²) in [7, 11) is 0. The lowest BCUT2D eigenvalue weighted by atomic mass is 10.1. The number of carbonyl (C=O) groups is 4. The predicted octanol–water partition coefficient (Wildman–Crippen LogP) is 4.98. The molecule has 5 atom stereocenters. The monoisotopic (exact) mass is 551 g/mol. The van der Waals surface area contributed by atoms with Gasteiger partial charge in [-0.05, 0) is 63.1 Å². The summed E-state index contributed by atoms with van der Waals surface area (Å²) in [5, 5.41) is 0. The Bertz CT molecular complexity index is 962. The minimum Gasteiger partial charge on any atom is -0.458 e. The van der Waals surface area contributed by atoms with Crippen LogP contribution < -0.4 is 15.2 Å². The van der Waals surface area contributed by atoms with Crippen molar-refractivity contribution in [3.05, 3.63) is 23.8 Å². The van der Waals surface area contributed by atoms with Crippen LogP contribution in [0.3, 0.4) is 0 Å². The van der Waals surface area contributed by atoms with E-state index in [0.29, 0.717) is 30.7 Å². The SMILES string of the molecule is CCC(C)C(=O)Oc1ccc(C[C@H](N)C(=O)O[C@@H](C)[C@H](C)OC(=O)OCCC(C)C)cc1OC(=O)C(C)CC. The van der Waals surface area contributed by atoms with Crippen molar-refractivity contribution in [1.82, 2.24) is 0 Å². The normalized spacial score (nSPS) is 14.9. The fourth-order valence-corrected chi connectivity index (χ4v) is 2.96. The molecule has 0 saturated carbocycles. The maximum atomic E-state index is 12.6. The maximum absolute atomic E-state index is 12.6. The molecule has 39 heavy (non-hydrogen) atoms. The predicted molar refractivity (Wildman–Crippen MR) is 145 cm³/mol. The van der Waals surface area contributed by atoms with E-state index < -0.39 is 42.3 Å². The molecule has 10 nitrogen and oxygen atoms in total. The van der Waals surface area contributed by atoms with E-state index in [2.05, 4.69) is 0 Å². The third-order valence-electron chi connectivity index (χ3n) is 6.38. The van der Waals surface area contributed by atoms with Crippen molar-refractivity contribution >= 4 is 24.1 Å². The Labute approximate surface area is 231 Å². The van der Waals surface area contributed by atoms with Crippen LogP contribution in [-0.4, -0.2) is 48.9 Å². The highest BCUT2D eigenvalue weighted by Crippen LogP contribution is 2.31. The largest absolute Gasteiger partial charge is 0.508 e. The first kappa shape index (κ1) is 33.9. The summed E-state index contributed by atoms with van der Waals surface area (Å²) in [6, 6.07) is 3.62. The van der Waals surface area contributed by atoms with Gasteiger partial charge in [-0.15, -0.1) is 0 Å². The van der Waals surface area contributed by atoms with Gasteiger partial charge in [0.2, 0.25) is 0 Å². The topological polar surface area (TPSA) is 140 Å². The van der Waals surface area contributed by atoms with Crippen LogP contribution in [0.25, 0.3) is 0 Å². The van der Waals surface area contributed by atoms with E-state index in [1.54, 1.807) is 33.8 Å². The molecule has 0 amide bonds. The Morgan fingerprint density at radius 2 is 1.31 bits per heavy atom. The van der Waals surface area contributed by atoms with Crippen molar-refractivity contribution in [2.45, 2.75) is 99.3 Å². The average Bonchev–Trinajstić information content (AvgIpc) is 2.88. The zero-order valence-electron chi connectivity index (χ0n) is 24.5. The minimum absolute atomic E-state index is 0.0610. The standard InChI is InChI=1S/C29H45NO9/c1-9-18(5)26(31)38-24-12-11-22(16-25(24)39-27(32)19(6)10-2)15-23(30)28(33)36-20(7)21(8)37-29(34)35-14-13-17(3)4/h11-12,16-21,23H,9-10,13-15,30H2,1-8H3/t18?,19?,20-,21-,23-/m0/s1. The second kappa shape index (κ2) is 16.7. The van der Waals surface area contributed by atoms with E-state index in [0.717, 1.165) is 0 Å². The quantitative estimate of drug-likeness (QED) is 0.234. The van der Waals surface area contributed by atoms with E-state index >= 15 is 0 Å². The van der Waals surface area contributed by atoms with Gasteiger partial charge in [0.1, 0.15) is 18.2 Å². The molecular weight excluding hydrogens is 506 g/mol. The average molecular weight is 552 g/mol. The highest BCUT2D eigenvalue weighted by Gasteiger charge is 2.26. The molecule has 1 rings (SSSR count). The van der Waals surface area contributed by atoms with E-state index in [1.165, 1.54) is 12.1 Å². The highest BCUT2D eigenvalue weighted by atomic mass is 16.7. The molecule has 0 spiro atoms. The van der Waals surface area contributed by atoms with Crippen molar-refractivity contribution < 1.29 is 42.9 Å². The number of carbonyl (C=O) groups excluding carboxylic acids is 4. The first-order valence-electron chi connectivity index (χ1n) is 13.6. The van der Waals surface area contributed by atoms with Crippen LogP contribution in [-0.2, 0) is 35.0 Å². The third-order valence-corrected chi connectivity index (χ3v) is 6.38. The molecule has 1 aromatic rings. The number of hydrogen-bond acceptors (Lipinski definition) is 10. The Hall–Kier alpha value is -3.14. The fourth-order valence-electron chi connectivity index (χ4n) is 2.96. The molecule has 1 aromatic carbocycles. The van der Waals surface area contributed by atoms with Crippen LogP contribution in [0.15, 0.2) is 18.2 Å². The van der Waals surface area contributed by atoms with E-state index in [-0.39, 0.29) is 36.4 Å². The summed E-state index contributed by atoms with van der Waals surface area (Å²) < 4.78 is 26.6. The van der Waals surface area contributed by atoms with Crippen molar-refractivity contribution in [2.75, 3.05) is 6.61 Å². The molecule has 0 aliphatic rings. The Balaban J connectivity index is 2.87. The second-order valence-corrected chi connectivity index (χ2v) is 10.3. The van der Waals surface area contributed by atoms with Gasteiger partial charge in [-0.3, -0.25) is 14.4 Å². The molecule has 2 N–H and O–H groups in total. The Kier molecular flexibility index (Phi) is 14.5. The molecule has 0 aromatic heterocycles. The van der Waals surface area contributed by atoms with Crippen molar-refractivity contribution in [3.63, 3.8) is 0 Å². The molecule has 0 aliphatic heterocycles.